The molecule has 0 radical (unpaired) electrons. The number of allylic oxidation sites excluding steroid dienone is 2. The molecule has 2 amide bonds. The summed E-state index contributed by atoms with van der Waals surface area (Å²) in [6.45, 7) is 1.91. The molecule has 0 spiro atoms. The summed E-state index contributed by atoms with van der Waals surface area (Å²) < 4.78 is 10.3. The zero-order valence-electron chi connectivity index (χ0n) is 23.2. The number of aromatic nitrogens is 5. The molecule has 1 fully saturated rings. The van der Waals surface area contributed by atoms with Crippen molar-refractivity contribution in [3.05, 3.63) is 57.8 Å². The van der Waals surface area contributed by atoms with Gasteiger partial charge in [0.2, 0.25) is 28.0 Å². The number of amides is 2. The first-order valence-electron chi connectivity index (χ1n) is 13.2. The standard InChI is InChI=1S/C27H34N8O4S2/c1-16(38-2)7-4-10-19(28)14-21(36)30-26-34-32-24(40-26)17-8-5-9-18(13-17)25-33-35-27(41-25)31-22(37)15-20-11-6-12-23(29-20)39-3/h4,6-7,10-12,16-18H,5,8-9,13-15,28H2,1-3H3,(H,30,34,36)(H,31,35,37)/b7-4-,19-10-/t16?,17-,18-/m0/s1. The maximum atomic E-state index is 12.5. The van der Waals surface area contributed by atoms with E-state index in [0.29, 0.717) is 27.5 Å². The second-order valence-electron chi connectivity index (χ2n) is 9.64. The van der Waals surface area contributed by atoms with Gasteiger partial charge in [-0.3, -0.25) is 9.59 Å². The van der Waals surface area contributed by atoms with Crippen molar-refractivity contribution < 1.29 is 19.1 Å². The molecule has 14 heteroatoms. The lowest BCUT2D eigenvalue weighted by molar-refractivity contribution is -0.116. The molecule has 0 aliphatic heterocycles. The number of hydrogen-bond donors (Lipinski definition) is 3. The fourth-order valence-electron chi connectivity index (χ4n) is 4.36. The minimum atomic E-state index is -0.248. The monoisotopic (exact) mass is 598 g/mol. The van der Waals surface area contributed by atoms with Gasteiger partial charge in [0.05, 0.1) is 31.7 Å². The van der Waals surface area contributed by atoms with Crippen molar-refractivity contribution in [2.45, 2.75) is 63.4 Å². The van der Waals surface area contributed by atoms with Gasteiger partial charge < -0.3 is 25.8 Å². The van der Waals surface area contributed by atoms with E-state index >= 15 is 0 Å². The van der Waals surface area contributed by atoms with Crippen LogP contribution in [0.1, 0.15) is 66.6 Å². The van der Waals surface area contributed by atoms with Crippen LogP contribution in [-0.2, 0) is 20.7 Å². The van der Waals surface area contributed by atoms with Crippen molar-refractivity contribution in [3.63, 3.8) is 0 Å². The summed E-state index contributed by atoms with van der Waals surface area (Å²) in [6.07, 6.45) is 9.26. The molecule has 218 valence electrons. The Balaban J connectivity index is 1.28. The van der Waals surface area contributed by atoms with Gasteiger partial charge in [-0.05, 0) is 38.3 Å². The van der Waals surface area contributed by atoms with Gasteiger partial charge >= 0.3 is 0 Å². The van der Waals surface area contributed by atoms with Crippen molar-refractivity contribution >= 4 is 44.8 Å². The van der Waals surface area contributed by atoms with Gasteiger partial charge in [0, 0.05) is 30.7 Å². The molecule has 0 aromatic carbocycles. The number of ether oxygens (including phenoxy) is 2. The summed E-state index contributed by atoms with van der Waals surface area (Å²) in [4.78, 5) is 29.2. The number of rotatable bonds is 12. The molecule has 3 aromatic rings. The second kappa shape index (κ2) is 14.8. The molecule has 1 unspecified atom stereocenters. The third kappa shape index (κ3) is 9.13. The van der Waals surface area contributed by atoms with Crippen LogP contribution in [0.25, 0.3) is 0 Å². The highest BCUT2D eigenvalue weighted by Crippen LogP contribution is 2.43. The van der Waals surface area contributed by atoms with Crippen LogP contribution in [-0.4, -0.2) is 57.5 Å². The molecule has 3 aromatic heterocycles. The normalized spacial score (nSPS) is 18.3. The molecule has 4 N–H and O–H groups in total. The number of carbonyl (C=O) groups excluding carboxylic acids is 2. The lowest BCUT2D eigenvalue weighted by Crippen LogP contribution is -2.15. The van der Waals surface area contributed by atoms with E-state index in [0.717, 1.165) is 35.7 Å². The van der Waals surface area contributed by atoms with Gasteiger partial charge in [-0.1, -0.05) is 47.3 Å². The summed E-state index contributed by atoms with van der Waals surface area (Å²) in [5.41, 5.74) is 7.00. The van der Waals surface area contributed by atoms with E-state index in [9.17, 15) is 9.59 Å². The second-order valence-corrected chi connectivity index (χ2v) is 11.7. The predicted molar refractivity (Wildman–Crippen MR) is 158 cm³/mol. The van der Waals surface area contributed by atoms with Crippen molar-refractivity contribution in [1.29, 1.82) is 0 Å². The molecular formula is C27H34N8O4S2. The van der Waals surface area contributed by atoms with E-state index in [1.807, 2.05) is 13.0 Å². The minimum absolute atomic E-state index is 0.0324. The number of methoxy groups -OCH3 is 2. The zero-order chi connectivity index (χ0) is 29.2. The Morgan fingerprint density at radius 1 is 1.05 bits per heavy atom. The first kappa shape index (κ1) is 30.2. The Morgan fingerprint density at radius 2 is 1.71 bits per heavy atom. The Bertz CT molecular complexity index is 1390. The van der Waals surface area contributed by atoms with Crippen molar-refractivity contribution in [2.24, 2.45) is 5.73 Å². The van der Waals surface area contributed by atoms with E-state index in [-0.39, 0.29) is 42.6 Å². The van der Waals surface area contributed by atoms with Crippen LogP contribution in [0.2, 0.25) is 0 Å². The molecular weight excluding hydrogens is 564 g/mol. The van der Waals surface area contributed by atoms with Gasteiger partial charge in [-0.2, -0.15) is 0 Å². The number of nitrogens with one attached hydrogen (secondary N) is 2. The smallest absolute Gasteiger partial charge is 0.232 e. The highest BCUT2D eigenvalue weighted by atomic mass is 32.1. The SMILES string of the molecule is COc1cccc(CC(=O)Nc2nnc([C@H]3CCC[C@H](c4nnc(NC(=O)C/C(N)=C/C=C\C(C)OC)s4)C3)s2)n1. The van der Waals surface area contributed by atoms with E-state index in [1.165, 1.54) is 29.8 Å². The summed E-state index contributed by atoms with van der Waals surface area (Å²) in [5.74, 6) is 0.409. The third-order valence-corrected chi connectivity index (χ3v) is 8.51. The third-order valence-electron chi connectivity index (χ3n) is 6.51. The predicted octanol–water partition coefficient (Wildman–Crippen LogP) is 4.18. The highest BCUT2D eigenvalue weighted by Gasteiger charge is 2.29. The maximum absolute atomic E-state index is 12.5. The van der Waals surface area contributed by atoms with Gasteiger partial charge in [-0.25, -0.2) is 4.98 Å². The molecule has 3 atom stereocenters. The molecule has 41 heavy (non-hydrogen) atoms. The number of hydrogen-bond acceptors (Lipinski definition) is 12. The van der Waals surface area contributed by atoms with E-state index in [1.54, 1.807) is 37.5 Å². The van der Waals surface area contributed by atoms with Gasteiger partial charge in [0.15, 0.2) is 0 Å². The molecule has 1 aliphatic rings. The number of nitrogens with two attached hydrogens (primary N) is 1. The summed E-state index contributed by atoms with van der Waals surface area (Å²) in [7, 11) is 3.16. The fourth-order valence-corrected chi connectivity index (χ4v) is 6.17. The molecule has 1 saturated carbocycles. The molecule has 1 aliphatic carbocycles. The Kier molecular flexibility index (Phi) is 10.9. The molecule has 0 bridgehead atoms. The number of carbonyl (C=O) groups is 2. The van der Waals surface area contributed by atoms with E-state index in [4.69, 9.17) is 15.2 Å². The van der Waals surface area contributed by atoms with Crippen molar-refractivity contribution in [1.82, 2.24) is 25.4 Å². The van der Waals surface area contributed by atoms with E-state index in [2.05, 4.69) is 36.0 Å². The first-order chi connectivity index (χ1) is 19.8. The number of pyridine rings is 1. The average molecular weight is 599 g/mol. The van der Waals surface area contributed by atoms with Gasteiger partial charge in [0.1, 0.15) is 10.0 Å². The average Bonchev–Trinajstić information content (AvgIpc) is 3.63. The highest BCUT2D eigenvalue weighted by molar-refractivity contribution is 7.15. The molecule has 3 heterocycles. The fraction of sp³-hybridized carbons (Fsp3) is 0.444. The lowest BCUT2D eigenvalue weighted by Gasteiger charge is -2.25. The van der Waals surface area contributed by atoms with E-state index < -0.39 is 0 Å². The zero-order valence-corrected chi connectivity index (χ0v) is 24.8. The van der Waals surface area contributed by atoms with Crippen LogP contribution in [0.15, 0.2) is 42.1 Å². The van der Waals surface area contributed by atoms with Crippen molar-refractivity contribution in [3.8, 4) is 5.88 Å². The molecule has 4 rings (SSSR count). The van der Waals surface area contributed by atoms with Gasteiger partial charge in [-0.15, -0.1) is 20.4 Å². The van der Waals surface area contributed by atoms with Crippen LogP contribution in [0.4, 0.5) is 10.3 Å². The molecule has 0 saturated heterocycles. The lowest BCUT2D eigenvalue weighted by atomic mass is 9.82. The summed E-state index contributed by atoms with van der Waals surface area (Å²) in [5, 5.41) is 25.4. The van der Waals surface area contributed by atoms with Crippen LogP contribution < -0.4 is 21.1 Å². The van der Waals surface area contributed by atoms with Crippen LogP contribution in [0, 0.1) is 0 Å². The maximum Gasteiger partial charge on any atom is 0.232 e. The summed E-state index contributed by atoms with van der Waals surface area (Å²) >= 11 is 2.78. The van der Waals surface area contributed by atoms with Crippen LogP contribution in [0.5, 0.6) is 5.88 Å². The largest absolute Gasteiger partial charge is 0.481 e. The Hall–Kier alpha value is -3.75. The van der Waals surface area contributed by atoms with Gasteiger partial charge in [0.25, 0.3) is 0 Å². The summed E-state index contributed by atoms with van der Waals surface area (Å²) in [6, 6.07) is 5.30. The minimum Gasteiger partial charge on any atom is -0.481 e. The Morgan fingerprint density at radius 3 is 2.34 bits per heavy atom. The number of anilines is 2. The first-order valence-corrected chi connectivity index (χ1v) is 14.9. The van der Waals surface area contributed by atoms with Crippen molar-refractivity contribution in [2.75, 3.05) is 24.9 Å². The topological polar surface area (TPSA) is 167 Å². The quantitative estimate of drug-likeness (QED) is 0.257. The Labute approximate surface area is 246 Å². The van der Waals surface area contributed by atoms with Crippen LogP contribution >= 0.6 is 22.7 Å². The van der Waals surface area contributed by atoms with Crippen LogP contribution in [0.3, 0.4) is 0 Å². The molecule has 12 nitrogen and oxygen atoms in total. The number of nitrogens with zero attached hydrogens (tertiary/aromatic N) is 5.